The van der Waals surface area contributed by atoms with Crippen molar-refractivity contribution in [3.05, 3.63) is 90.0 Å². The monoisotopic (exact) mass is 316 g/mol. The quantitative estimate of drug-likeness (QED) is 0.680. The molecule has 0 aromatic heterocycles. The molecule has 1 N–H and O–H groups in total. The molecule has 3 aromatic rings. The summed E-state index contributed by atoms with van der Waals surface area (Å²) in [4.78, 5) is 11.6. The summed E-state index contributed by atoms with van der Waals surface area (Å²) < 4.78 is 0. The molecule has 0 bridgehead atoms. The largest absolute Gasteiger partial charge is 0.481 e. The SMILES string of the molecule is O=C(O)C(C/C=C/c1ccccc1)Cc1cccc2ccccc12. The van der Waals surface area contributed by atoms with Crippen LogP contribution in [0.1, 0.15) is 17.5 Å². The fraction of sp³-hybridized carbons (Fsp3) is 0.136. The lowest BCUT2D eigenvalue weighted by Gasteiger charge is -2.12. The Labute approximate surface area is 142 Å². The maximum absolute atomic E-state index is 11.6. The van der Waals surface area contributed by atoms with E-state index in [1.54, 1.807) is 0 Å². The molecule has 0 saturated carbocycles. The minimum Gasteiger partial charge on any atom is -0.481 e. The number of aliphatic carboxylic acids is 1. The summed E-state index contributed by atoms with van der Waals surface area (Å²) in [5.41, 5.74) is 2.18. The number of carboxylic acids is 1. The van der Waals surface area contributed by atoms with Crippen molar-refractivity contribution in [2.75, 3.05) is 0 Å². The summed E-state index contributed by atoms with van der Waals surface area (Å²) in [5.74, 6) is -1.17. The van der Waals surface area contributed by atoms with Gasteiger partial charge in [-0.3, -0.25) is 4.79 Å². The normalized spacial score (nSPS) is 12.5. The van der Waals surface area contributed by atoms with E-state index in [0.717, 1.165) is 21.9 Å². The Hall–Kier alpha value is -2.87. The van der Waals surface area contributed by atoms with E-state index in [0.29, 0.717) is 12.8 Å². The van der Waals surface area contributed by atoms with Crippen LogP contribution in [0.4, 0.5) is 0 Å². The van der Waals surface area contributed by atoms with Crippen molar-refractivity contribution in [1.29, 1.82) is 0 Å². The molecule has 0 radical (unpaired) electrons. The Morgan fingerprint density at radius 1 is 0.917 bits per heavy atom. The second kappa shape index (κ2) is 7.60. The first-order valence-corrected chi connectivity index (χ1v) is 8.15. The third kappa shape index (κ3) is 3.90. The fourth-order valence-corrected chi connectivity index (χ4v) is 2.94. The Balaban J connectivity index is 1.76. The van der Waals surface area contributed by atoms with Crippen molar-refractivity contribution in [3.63, 3.8) is 0 Å². The summed E-state index contributed by atoms with van der Waals surface area (Å²) in [5, 5.41) is 11.9. The van der Waals surface area contributed by atoms with E-state index in [1.807, 2.05) is 66.7 Å². The summed E-state index contributed by atoms with van der Waals surface area (Å²) in [6.45, 7) is 0. The molecule has 0 aliphatic rings. The Morgan fingerprint density at radius 3 is 2.42 bits per heavy atom. The lowest BCUT2D eigenvalue weighted by molar-refractivity contribution is -0.141. The lowest BCUT2D eigenvalue weighted by atomic mass is 9.92. The highest BCUT2D eigenvalue weighted by atomic mass is 16.4. The molecule has 3 rings (SSSR count). The number of benzene rings is 3. The highest BCUT2D eigenvalue weighted by Crippen LogP contribution is 2.23. The molecular formula is C22H20O2. The van der Waals surface area contributed by atoms with Gasteiger partial charge in [0, 0.05) is 0 Å². The van der Waals surface area contributed by atoms with Gasteiger partial charge in [-0.25, -0.2) is 0 Å². The number of allylic oxidation sites excluding steroid dienone is 1. The van der Waals surface area contributed by atoms with E-state index in [1.165, 1.54) is 0 Å². The zero-order valence-corrected chi connectivity index (χ0v) is 13.4. The number of hydrogen-bond donors (Lipinski definition) is 1. The van der Waals surface area contributed by atoms with Crippen molar-refractivity contribution >= 4 is 22.8 Å². The van der Waals surface area contributed by atoms with Gasteiger partial charge >= 0.3 is 5.97 Å². The van der Waals surface area contributed by atoms with E-state index in [-0.39, 0.29) is 0 Å². The molecule has 0 heterocycles. The third-order valence-electron chi connectivity index (χ3n) is 4.23. The first kappa shape index (κ1) is 16.0. The number of carbonyl (C=O) groups is 1. The predicted molar refractivity (Wildman–Crippen MR) is 98.9 cm³/mol. The molecule has 1 unspecified atom stereocenters. The molecule has 24 heavy (non-hydrogen) atoms. The molecular weight excluding hydrogens is 296 g/mol. The van der Waals surface area contributed by atoms with Crippen LogP contribution in [0.25, 0.3) is 16.8 Å². The van der Waals surface area contributed by atoms with Crippen LogP contribution in [0.15, 0.2) is 78.9 Å². The molecule has 0 amide bonds. The van der Waals surface area contributed by atoms with Gasteiger partial charge in [0.1, 0.15) is 0 Å². The highest BCUT2D eigenvalue weighted by Gasteiger charge is 2.17. The van der Waals surface area contributed by atoms with Crippen molar-refractivity contribution in [3.8, 4) is 0 Å². The minimum atomic E-state index is -0.749. The van der Waals surface area contributed by atoms with E-state index in [9.17, 15) is 9.90 Å². The first-order chi connectivity index (χ1) is 11.7. The van der Waals surface area contributed by atoms with Crippen LogP contribution in [-0.4, -0.2) is 11.1 Å². The predicted octanol–water partition coefficient (Wildman–Crippen LogP) is 5.19. The number of fused-ring (bicyclic) bond motifs is 1. The highest BCUT2D eigenvalue weighted by molar-refractivity contribution is 5.86. The third-order valence-corrected chi connectivity index (χ3v) is 4.23. The van der Waals surface area contributed by atoms with E-state index < -0.39 is 11.9 Å². The Morgan fingerprint density at radius 2 is 1.62 bits per heavy atom. The first-order valence-electron chi connectivity index (χ1n) is 8.15. The van der Waals surface area contributed by atoms with E-state index in [2.05, 4.69) is 18.2 Å². The van der Waals surface area contributed by atoms with E-state index in [4.69, 9.17) is 0 Å². The van der Waals surface area contributed by atoms with Gasteiger partial charge in [0.2, 0.25) is 0 Å². The molecule has 2 nitrogen and oxygen atoms in total. The van der Waals surface area contributed by atoms with Crippen molar-refractivity contribution in [1.82, 2.24) is 0 Å². The van der Waals surface area contributed by atoms with Crippen molar-refractivity contribution in [2.45, 2.75) is 12.8 Å². The second-order valence-electron chi connectivity index (χ2n) is 5.93. The van der Waals surface area contributed by atoms with Gasteiger partial charge in [-0.1, -0.05) is 84.9 Å². The van der Waals surface area contributed by atoms with Gasteiger partial charge in [0.25, 0.3) is 0 Å². The molecule has 3 aromatic carbocycles. The van der Waals surface area contributed by atoms with Crippen LogP contribution >= 0.6 is 0 Å². The zero-order valence-electron chi connectivity index (χ0n) is 13.4. The summed E-state index contributed by atoms with van der Waals surface area (Å²) in [6.07, 6.45) is 5.00. The molecule has 0 saturated heterocycles. The molecule has 120 valence electrons. The Bertz CT molecular complexity index is 845. The van der Waals surface area contributed by atoms with Gasteiger partial charge in [-0.2, -0.15) is 0 Å². The second-order valence-corrected chi connectivity index (χ2v) is 5.93. The van der Waals surface area contributed by atoms with Gasteiger partial charge < -0.3 is 5.11 Å². The number of rotatable bonds is 6. The zero-order chi connectivity index (χ0) is 16.8. The number of carboxylic acid groups (broad SMARTS) is 1. The van der Waals surface area contributed by atoms with Crippen molar-refractivity contribution in [2.24, 2.45) is 5.92 Å². The van der Waals surface area contributed by atoms with Gasteiger partial charge in [0.05, 0.1) is 5.92 Å². The average Bonchev–Trinajstić information content (AvgIpc) is 2.62. The smallest absolute Gasteiger partial charge is 0.307 e. The van der Waals surface area contributed by atoms with Gasteiger partial charge in [-0.15, -0.1) is 0 Å². The summed E-state index contributed by atoms with van der Waals surface area (Å²) in [7, 11) is 0. The Kier molecular flexibility index (Phi) is 5.07. The maximum atomic E-state index is 11.6. The van der Waals surface area contributed by atoms with Crippen LogP contribution < -0.4 is 0 Å². The average molecular weight is 316 g/mol. The van der Waals surface area contributed by atoms with Crippen LogP contribution in [-0.2, 0) is 11.2 Å². The minimum absolute atomic E-state index is 0.421. The van der Waals surface area contributed by atoms with Crippen LogP contribution in [0.3, 0.4) is 0 Å². The van der Waals surface area contributed by atoms with Crippen LogP contribution in [0.2, 0.25) is 0 Å². The molecule has 0 fully saturated rings. The number of hydrogen-bond acceptors (Lipinski definition) is 1. The summed E-state index contributed by atoms with van der Waals surface area (Å²) in [6, 6.07) is 24.1. The van der Waals surface area contributed by atoms with Gasteiger partial charge in [-0.05, 0) is 34.7 Å². The maximum Gasteiger partial charge on any atom is 0.307 e. The molecule has 2 heteroatoms. The van der Waals surface area contributed by atoms with Crippen LogP contribution in [0.5, 0.6) is 0 Å². The van der Waals surface area contributed by atoms with Crippen LogP contribution in [0, 0.1) is 5.92 Å². The lowest BCUT2D eigenvalue weighted by Crippen LogP contribution is -2.15. The van der Waals surface area contributed by atoms with E-state index >= 15 is 0 Å². The van der Waals surface area contributed by atoms with Crippen molar-refractivity contribution < 1.29 is 9.90 Å². The molecule has 0 aliphatic carbocycles. The molecule has 0 aliphatic heterocycles. The van der Waals surface area contributed by atoms with Gasteiger partial charge in [0.15, 0.2) is 0 Å². The molecule has 0 spiro atoms. The topological polar surface area (TPSA) is 37.3 Å². The standard InChI is InChI=1S/C22H20O2/c23-22(24)20(14-6-10-17-8-2-1-3-9-17)16-19-13-7-12-18-11-4-5-15-21(18)19/h1-13,15,20H,14,16H2,(H,23,24)/b10-6+. The summed E-state index contributed by atoms with van der Waals surface area (Å²) >= 11 is 0. The molecule has 1 atom stereocenters. The fourth-order valence-electron chi connectivity index (χ4n) is 2.94.